The lowest BCUT2D eigenvalue weighted by atomic mass is 9.94. The molecule has 1 aromatic rings. The SMILES string of the molecule is CCOC(=O)[C@@H]1[C@H]2CCC[C@H]2CN1C(=O)[C@@H](CCC(F)(F)F)Nc1c(F)cc(F)cc1F. The van der Waals surface area contributed by atoms with Gasteiger partial charge in [0.05, 0.1) is 6.61 Å². The first-order chi connectivity index (χ1) is 15.0. The summed E-state index contributed by atoms with van der Waals surface area (Å²) in [4.78, 5) is 27.0. The maximum Gasteiger partial charge on any atom is 0.389 e. The molecule has 2 fully saturated rings. The third-order valence-corrected chi connectivity index (χ3v) is 6.04. The number of halogens is 6. The summed E-state index contributed by atoms with van der Waals surface area (Å²) in [6, 6.07) is -1.92. The van der Waals surface area contributed by atoms with Crippen molar-refractivity contribution in [3.05, 3.63) is 29.6 Å². The molecule has 1 aliphatic heterocycles. The molecule has 4 atom stereocenters. The highest BCUT2D eigenvalue weighted by molar-refractivity contribution is 5.90. The normalized spacial score (nSPS) is 23.7. The first-order valence-corrected chi connectivity index (χ1v) is 10.5. The van der Waals surface area contributed by atoms with E-state index in [1.54, 1.807) is 6.92 Å². The highest BCUT2D eigenvalue weighted by Gasteiger charge is 2.51. The van der Waals surface area contributed by atoms with E-state index in [9.17, 15) is 35.9 Å². The molecule has 0 aromatic heterocycles. The first-order valence-electron chi connectivity index (χ1n) is 10.5. The van der Waals surface area contributed by atoms with Gasteiger partial charge in [0, 0.05) is 25.1 Å². The van der Waals surface area contributed by atoms with Crippen molar-refractivity contribution in [3.8, 4) is 0 Å². The monoisotopic (exact) mass is 466 g/mol. The van der Waals surface area contributed by atoms with Crippen LogP contribution in [0.3, 0.4) is 0 Å². The number of likely N-dealkylation sites (tertiary alicyclic amines) is 1. The number of hydrogen-bond acceptors (Lipinski definition) is 4. The number of ether oxygens (including phenoxy) is 1. The Hall–Kier alpha value is -2.46. The standard InChI is InChI=1S/C21H24F6N2O3/c1-2-32-20(31)18-13-5-3-4-11(13)10-29(18)19(30)16(6-7-21(25,26)27)28-17-14(23)8-12(22)9-15(17)24/h8-9,11,13,16,18,28H,2-7,10H2,1H3/t11-,13-,16+,18-/m0/s1. The van der Waals surface area contributed by atoms with Gasteiger partial charge in [-0.1, -0.05) is 6.42 Å². The zero-order valence-corrected chi connectivity index (χ0v) is 17.4. The highest BCUT2D eigenvalue weighted by Crippen LogP contribution is 2.43. The lowest BCUT2D eigenvalue weighted by Gasteiger charge is -2.30. The predicted octanol–water partition coefficient (Wildman–Crippen LogP) is 4.42. The van der Waals surface area contributed by atoms with Crippen molar-refractivity contribution >= 4 is 17.6 Å². The number of carbonyl (C=O) groups excluding carboxylic acids is 2. The molecule has 1 aromatic carbocycles. The third-order valence-electron chi connectivity index (χ3n) is 6.04. The van der Waals surface area contributed by atoms with E-state index in [2.05, 4.69) is 5.32 Å². The number of nitrogens with zero attached hydrogens (tertiary/aromatic N) is 1. The summed E-state index contributed by atoms with van der Waals surface area (Å²) < 4.78 is 85.2. The minimum absolute atomic E-state index is 0.00378. The number of anilines is 1. The number of amides is 1. The fourth-order valence-electron chi connectivity index (χ4n) is 4.68. The molecule has 1 saturated carbocycles. The van der Waals surface area contributed by atoms with Crippen molar-refractivity contribution in [2.24, 2.45) is 11.8 Å². The van der Waals surface area contributed by atoms with Crippen molar-refractivity contribution in [2.75, 3.05) is 18.5 Å². The van der Waals surface area contributed by atoms with E-state index in [0.717, 1.165) is 12.8 Å². The summed E-state index contributed by atoms with van der Waals surface area (Å²) >= 11 is 0. The van der Waals surface area contributed by atoms with Gasteiger partial charge < -0.3 is 15.0 Å². The van der Waals surface area contributed by atoms with Crippen LogP contribution in [0.15, 0.2) is 12.1 Å². The molecule has 32 heavy (non-hydrogen) atoms. The van der Waals surface area contributed by atoms with E-state index >= 15 is 0 Å². The van der Waals surface area contributed by atoms with Crippen LogP contribution in [-0.2, 0) is 14.3 Å². The van der Waals surface area contributed by atoms with Gasteiger partial charge in [0.25, 0.3) is 0 Å². The van der Waals surface area contributed by atoms with E-state index in [1.807, 2.05) is 0 Å². The smallest absolute Gasteiger partial charge is 0.389 e. The van der Waals surface area contributed by atoms with Crippen LogP contribution in [0.2, 0.25) is 0 Å². The topological polar surface area (TPSA) is 58.6 Å². The van der Waals surface area contributed by atoms with Crippen LogP contribution in [0, 0.1) is 29.3 Å². The maximum absolute atomic E-state index is 14.1. The average molecular weight is 466 g/mol. The number of rotatable bonds is 7. The second-order valence-electron chi connectivity index (χ2n) is 8.14. The summed E-state index contributed by atoms with van der Waals surface area (Å²) in [5.41, 5.74) is -0.904. The number of alkyl halides is 3. The molecule has 178 valence electrons. The number of nitrogens with one attached hydrogen (secondary N) is 1. The van der Waals surface area contributed by atoms with Gasteiger partial charge in [0.15, 0.2) is 11.6 Å². The molecule has 1 aliphatic carbocycles. The number of esters is 1. The minimum Gasteiger partial charge on any atom is -0.464 e. The second kappa shape index (κ2) is 9.58. The van der Waals surface area contributed by atoms with E-state index < -0.39 is 66.1 Å². The number of carbonyl (C=O) groups is 2. The number of hydrogen-bond donors (Lipinski definition) is 1. The van der Waals surface area contributed by atoms with Crippen molar-refractivity contribution in [3.63, 3.8) is 0 Å². The molecule has 3 rings (SSSR count). The van der Waals surface area contributed by atoms with Gasteiger partial charge >= 0.3 is 12.1 Å². The predicted molar refractivity (Wildman–Crippen MR) is 102 cm³/mol. The van der Waals surface area contributed by atoms with E-state index in [4.69, 9.17) is 4.74 Å². The molecule has 5 nitrogen and oxygen atoms in total. The Bertz CT molecular complexity index is 839. The molecule has 0 bridgehead atoms. The fraction of sp³-hybridized carbons (Fsp3) is 0.619. The van der Waals surface area contributed by atoms with Gasteiger partial charge in [-0.05, 0) is 38.0 Å². The zero-order chi connectivity index (χ0) is 23.6. The quantitative estimate of drug-likeness (QED) is 0.478. The fourth-order valence-corrected chi connectivity index (χ4v) is 4.68. The lowest BCUT2D eigenvalue weighted by Crippen LogP contribution is -2.50. The van der Waals surface area contributed by atoms with Crippen molar-refractivity contribution in [1.82, 2.24) is 4.90 Å². The Kier molecular flexibility index (Phi) is 7.24. The van der Waals surface area contributed by atoms with Crippen LogP contribution in [0.5, 0.6) is 0 Å². The Morgan fingerprint density at radius 3 is 2.44 bits per heavy atom. The molecule has 2 aliphatic rings. The van der Waals surface area contributed by atoms with E-state index in [-0.39, 0.29) is 25.0 Å². The highest BCUT2D eigenvalue weighted by atomic mass is 19.4. The van der Waals surface area contributed by atoms with Gasteiger partial charge in [-0.15, -0.1) is 0 Å². The Morgan fingerprint density at radius 1 is 1.19 bits per heavy atom. The van der Waals surface area contributed by atoms with Crippen LogP contribution in [0.1, 0.15) is 39.0 Å². The van der Waals surface area contributed by atoms with Crippen LogP contribution >= 0.6 is 0 Å². The molecule has 0 unspecified atom stereocenters. The van der Waals surface area contributed by atoms with Gasteiger partial charge in [0.1, 0.15) is 23.6 Å². The first kappa shape index (κ1) is 24.2. The molecular formula is C21H24F6N2O3. The largest absolute Gasteiger partial charge is 0.464 e. The van der Waals surface area contributed by atoms with Gasteiger partial charge in [-0.25, -0.2) is 18.0 Å². The second-order valence-corrected chi connectivity index (χ2v) is 8.14. The summed E-state index contributed by atoms with van der Waals surface area (Å²) in [5.74, 6) is -5.69. The molecule has 1 saturated heterocycles. The van der Waals surface area contributed by atoms with Crippen molar-refractivity contribution in [2.45, 2.75) is 57.3 Å². The number of benzene rings is 1. The van der Waals surface area contributed by atoms with Gasteiger partial charge in [-0.3, -0.25) is 4.79 Å². The summed E-state index contributed by atoms with van der Waals surface area (Å²) in [7, 11) is 0. The molecule has 0 spiro atoms. The molecule has 1 N–H and O–H groups in total. The zero-order valence-electron chi connectivity index (χ0n) is 17.4. The van der Waals surface area contributed by atoms with Crippen LogP contribution in [-0.4, -0.2) is 48.2 Å². The summed E-state index contributed by atoms with van der Waals surface area (Å²) in [6.45, 7) is 1.81. The Labute approximate surface area is 181 Å². The Morgan fingerprint density at radius 2 is 1.84 bits per heavy atom. The van der Waals surface area contributed by atoms with Crippen LogP contribution in [0.4, 0.5) is 32.0 Å². The van der Waals surface area contributed by atoms with Gasteiger partial charge in [-0.2, -0.15) is 13.2 Å². The molecule has 11 heteroatoms. The molecule has 1 heterocycles. The third kappa shape index (κ3) is 5.29. The van der Waals surface area contributed by atoms with Crippen LogP contribution in [0.25, 0.3) is 0 Å². The maximum atomic E-state index is 14.1. The van der Waals surface area contributed by atoms with Crippen LogP contribution < -0.4 is 5.32 Å². The van der Waals surface area contributed by atoms with Crippen molar-refractivity contribution < 1.29 is 40.7 Å². The molecular weight excluding hydrogens is 442 g/mol. The van der Waals surface area contributed by atoms with E-state index in [0.29, 0.717) is 18.6 Å². The van der Waals surface area contributed by atoms with Crippen molar-refractivity contribution in [1.29, 1.82) is 0 Å². The number of fused-ring (bicyclic) bond motifs is 1. The van der Waals surface area contributed by atoms with Gasteiger partial charge in [0.2, 0.25) is 5.91 Å². The average Bonchev–Trinajstić information content (AvgIpc) is 3.26. The minimum atomic E-state index is -4.62. The molecule has 0 radical (unpaired) electrons. The lowest BCUT2D eigenvalue weighted by molar-refractivity contribution is -0.155. The summed E-state index contributed by atoms with van der Waals surface area (Å²) in [5, 5.41) is 2.19. The molecule has 1 amide bonds. The summed E-state index contributed by atoms with van der Waals surface area (Å²) in [6.07, 6.45) is -4.56. The Balaban J connectivity index is 1.89. The van der Waals surface area contributed by atoms with E-state index in [1.165, 1.54) is 4.90 Å².